The minimum Gasteiger partial charge on any atom is -0.306 e. The summed E-state index contributed by atoms with van der Waals surface area (Å²) in [5.41, 5.74) is 1.65. The largest absolute Gasteiger partial charge is 0.306 e. The lowest BCUT2D eigenvalue weighted by Gasteiger charge is -2.03. The van der Waals surface area contributed by atoms with Crippen LogP contribution in [0.15, 0.2) is 54.7 Å². The Morgan fingerprint density at radius 3 is 2.64 bits per heavy atom. The molecule has 0 aliphatic rings. The zero-order valence-corrected chi connectivity index (χ0v) is 13.3. The monoisotopic (exact) mass is 332 g/mol. The third kappa shape index (κ3) is 3.53. The molecule has 1 N–H and O–H groups in total. The molecule has 0 bridgehead atoms. The molecule has 0 aliphatic carbocycles. The van der Waals surface area contributed by atoms with Crippen LogP contribution < -0.4 is 5.32 Å². The Morgan fingerprint density at radius 2 is 1.86 bits per heavy atom. The maximum Gasteiger partial charge on any atom is 0.133 e. The molecule has 1 heterocycles. The predicted molar refractivity (Wildman–Crippen MR) is 89.5 cm³/mol. The summed E-state index contributed by atoms with van der Waals surface area (Å²) in [4.78, 5) is 5.09. The molecule has 0 spiro atoms. The van der Waals surface area contributed by atoms with E-state index in [0.717, 1.165) is 16.4 Å². The van der Waals surface area contributed by atoms with Gasteiger partial charge in [-0.3, -0.25) is 0 Å². The molecular weight excluding hydrogens is 319 g/mol. The number of halogens is 2. The first-order chi connectivity index (χ1) is 10.7. The van der Waals surface area contributed by atoms with Gasteiger partial charge in [0, 0.05) is 24.8 Å². The lowest BCUT2D eigenvalue weighted by molar-refractivity contribution is 0.632. The van der Waals surface area contributed by atoms with Gasteiger partial charge in [0.2, 0.25) is 0 Å². The number of benzene rings is 2. The average molecular weight is 333 g/mol. The van der Waals surface area contributed by atoms with Crippen molar-refractivity contribution in [3.63, 3.8) is 0 Å². The Kier molecular flexibility index (Phi) is 4.83. The third-order valence-electron chi connectivity index (χ3n) is 3.21. The Labute approximate surface area is 137 Å². The van der Waals surface area contributed by atoms with E-state index in [0.29, 0.717) is 17.1 Å². The minimum absolute atomic E-state index is 0.319. The van der Waals surface area contributed by atoms with E-state index in [1.54, 1.807) is 18.3 Å². The van der Waals surface area contributed by atoms with Gasteiger partial charge in [-0.2, -0.15) is 0 Å². The van der Waals surface area contributed by atoms with Crippen LogP contribution in [0.1, 0.15) is 10.6 Å². The van der Waals surface area contributed by atoms with Crippen LogP contribution in [0.4, 0.5) is 4.39 Å². The van der Waals surface area contributed by atoms with Crippen molar-refractivity contribution >= 4 is 22.9 Å². The molecule has 0 atom stereocenters. The number of nitrogens with zero attached hydrogens (tertiary/aromatic N) is 1. The smallest absolute Gasteiger partial charge is 0.133 e. The fourth-order valence-corrected chi connectivity index (χ4v) is 3.42. The molecule has 0 radical (unpaired) electrons. The number of nitrogens with one attached hydrogen (secondary N) is 1. The minimum atomic E-state index is -0.319. The van der Waals surface area contributed by atoms with Crippen LogP contribution in [0.3, 0.4) is 0 Å². The summed E-state index contributed by atoms with van der Waals surface area (Å²) < 4.78 is 13.9. The van der Waals surface area contributed by atoms with Gasteiger partial charge in [-0.15, -0.1) is 11.3 Å². The summed E-state index contributed by atoms with van der Waals surface area (Å²) >= 11 is 7.53. The zero-order valence-electron chi connectivity index (χ0n) is 11.7. The van der Waals surface area contributed by atoms with Crippen molar-refractivity contribution in [2.45, 2.75) is 13.1 Å². The molecule has 0 unspecified atom stereocenters. The van der Waals surface area contributed by atoms with E-state index in [1.807, 2.05) is 18.2 Å². The maximum atomic E-state index is 13.9. The van der Waals surface area contributed by atoms with E-state index >= 15 is 0 Å². The molecule has 1 aromatic heterocycles. The molecular formula is C17H14ClFN2S. The molecule has 0 saturated carbocycles. The first-order valence-electron chi connectivity index (χ1n) is 6.88. The molecule has 0 amide bonds. The highest BCUT2D eigenvalue weighted by Gasteiger charge is 2.12. The highest BCUT2D eigenvalue weighted by atomic mass is 35.5. The molecule has 0 fully saturated rings. The summed E-state index contributed by atoms with van der Waals surface area (Å²) in [7, 11) is 0. The fraction of sp³-hybridized carbons (Fsp3) is 0.118. The Balaban J connectivity index is 1.67. The fourth-order valence-electron chi connectivity index (χ4n) is 2.15. The standard InChI is InChI=1S/C17H14ClFN2S/c18-13-7-4-8-14(19)17(13)15-10-21-16(22-15)11-20-9-12-5-2-1-3-6-12/h1-8,10,20H,9,11H2. The van der Waals surface area contributed by atoms with Crippen molar-refractivity contribution in [3.8, 4) is 10.4 Å². The van der Waals surface area contributed by atoms with E-state index < -0.39 is 0 Å². The number of aromatic nitrogens is 1. The second kappa shape index (κ2) is 7.01. The number of thiazole rings is 1. The van der Waals surface area contributed by atoms with Crippen LogP contribution in [0.25, 0.3) is 10.4 Å². The number of rotatable bonds is 5. The van der Waals surface area contributed by atoms with E-state index in [-0.39, 0.29) is 5.82 Å². The molecule has 0 aliphatic heterocycles. The van der Waals surface area contributed by atoms with Crippen LogP contribution in [-0.4, -0.2) is 4.98 Å². The van der Waals surface area contributed by atoms with E-state index in [2.05, 4.69) is 22.4 Å². The first-order valence-corrected chi connectivity index (χ1v) is 8.07. The highest BCUT2D eigenvalue weighted by Crippen LogP contribution is 2.34. The highest BCUT2D eigenvalue weighted by molar-refractivity contribution is 7.15. The van der Waals surface area contributed by atoms with Crippen molar-refractivity contribution < 1.29 is 4.39 Å². The van der Waals surface area contributed by atoms with E-state index in [1.165, 1.54) is 23.0 Å². The lowest BCUT2D eigenvalue weighted by atomic mass is 10.2. The molecule has 3 rings (SSSR count). The molecule has 0 saturated heterocycles. The molecule has 22 heavy (non-hydrogen) atoms. The first kappa shape index (κ1) is 15.2. The number of hydrogen-bond acceptors (Lipinski definition) is 3. The zero-order chi connectivity index (χ0) is 15.4. The Bertz CT molecular complexity index is 738. The maximum absolute atomic E-state index is 13.9. The number of hydrogen-bond donors (Lipinski definition) is 1. The van der Waals surface area contributed by atoms with Gasteiger partial charge >= 0.3 is 0 Å². The van der Waals surface area contributed by atoms with Crippen LogP contribution in [-0.2, 0) is 13.1 Å². The van der Waals surface area contributed by atoms with E-state index in [4.69, 9.17) is 11.6 Å². The van der Waals surface area contributed by atoms with Crippen LogP contribution in [0.5, 0.6) is 0 Å². The summed E-state index contributed by atoms with van der Waals surface area (Å²) in [6.07, 6.45) is 1.68. The Hall–Kier alpha value is -1.75. The van der Waals surface area contributed by atoms with Gasteiger partial charge in [0.05, 0.1) is 9.90 Å². The van der Waals surface area contributed by atoms with Crippen molar-refractivity contribution in [2.24, 2.45) is 0 Å². The van der Waals surface area contributed by atoms with Gasteiger partial charge in [-0.1, -0.05) is 48.0 Å². The van der Waals surface area contributed by atoms with Crippen LogP contribution in [0.2, 0.25) is 5.02 Å². The summed E-state index contributed by atoms with van der Waals surface area (Å²) in [6.45, 7) is 1.42. The summed E-state index contributed by atoms with van der Waals surface area (Å²) in [5, 5.41) is 4.65. The molecule has 2 nitrogen and oxygen atoms in total. The van der Waals surface area contributed by atoms with Crippen molar-refractivity contribution in [1.82, 2.24) is 10.3 Å². The molecule has 5 heteroatoms. The van der Waals surface area contributed by atoms with Gasteiger partial charge < -0.3 is 5.32 Å². The lowest BCUT2D eigenvalue weighted by Crippen LogP contribution is -2.12. The van der Waals surface area contributed by atoms with Gasteiger partial charge in [0.25, 0.3) is 0 Å². The molecule has 2 aromatic carbocycles. The second-order valence-electron chi connectivity index (χ2n) is 4.80. The van der Waals surface area contributed by atoms with Crippen molar-refractivity contribution in [3.05, 3.63) is 76.1 Å². The van der Waals surface area contributed by atoms with Crippen molar-refractivity contribution in [2.75, 3.05) is 0 Å². The van der Waals surface area contributed by atoms with Gasteiger partial charge in [0.15, 0.2) is 0 Å². The van der Waals surface area contributed by atoms with Gasteiger partial charge in [0.1, 0.15) is 10.8 Å². The van der Waals surface area contributed by atoms with Gasteiger partial charge in [-0.05, 0) is 17.7 Å². The van der Waals surface area contributed by atoms with Crippen LogP contribution >= 0.6 is 22.9 Å². The average Bonchev–Trinajstić information content (AvgIpc) is 2.97. The summed E-state index contributed by atoms with van der Waals surface area (Å²) in [5.74, 6) is -0.319. The second-order valence-corrected chi connectivity index (χ2v) is 6.33. The molecule has 112 valence electrons. The third-order valence-corrected chi connectivity index (χ3v) is 4.54. The molecule has 3 aromatic rings. The summed E-state index contributed by atoms with van der Waals surface area (Å²) in [6, 6.07) is 14.9. The Morgan fingerprint density at radius 1 is 1.05 bits per heavy atom. The predicted octanol–water partition coefficient (Wildman–Crippen LogP) is 4.89. The van der Waals surface area contributed by atoms with E-state index in [9.17, 15) is 4.39 Å². The van der Waals surface area contributed by atoms with Crippen molar-refractivity contribution in [1.29, 1.82) is 0 Å². The quantitative estimate of drug-likeness (QED) is 0.719. The van der Waals surface area contributed by atoms with Gasteiger partial charge in [-0.25, -0.2) is 9.37 Å². The normalized spacial score (nSPS) is 10.8. The SMILES string of the molecule is Fc1cccc(Cl)c1-c1cnc(CNCc2ccccc2)s1. The van der Waals surface area contributed by atoms with Crippen LogP contribution in [0, 0.1) is 5.82 Å². The topological polar surface area (TPSA) is 24.9 Å².